The minimum atomic E-state index is 0.00771. The fraction of sp³-hybridized carbons (Fsp3) is 0.500. The fourth-order valence-electron chi connectivity index (χ4n) is 2.09. The molecule has 2 N–H and O–H groups in total. The number of hydrogen-bond donors (Lipinski definition) is 2. The highest BCUT2D eigenvalue weighted by Crippen LogP contribution is 2.10. The molecule has 0 fully saturated rings. The van der Waals surface area contributed by atoms with E-state index in [1.54, 1.807) is 0 Å². The maximum absolute atomic E-state index is 12.0. The van der Waals surface area contributed by atoms with Crippen LogP contribution in [0.5, 0.6) is 0 Å². The molecule has 0 saturated carbocycles. The van der Waals surface area contributed by atoms with Gasteiger partial charge in [0.25, 0.3) is 0 Å². The maximum Gasteiger partial charge on any atom is 0.224 e. The molecule has 108 valence electrons. The van der Waals surface area contributed by atoms with E-state index in [-0.39, 0.29) is 11.9 Å². The lowest BCUT2D eigenvalue weighted by atomic mass is 10.1. The molecule has 0 radical (unpaired) electrons. The van der Waals surface area contributed by atoms with Gasteiger partial charge in [-0.2, -0.15) is 10.2 Å². The Kier molecular flexibility index (Phi) is 4.22. The predicted octanol–water partition coefficient (Wildman–Crippen LogP) is 1.45. The van der Waals surface area contributed by atoms with Gasteiger partial charge in [0.15, 0.2) is 0 Å². The zero-order valence-electron chi connectivity index (χ0n) is 12.4. The van der Waals surface area contributed by atoms with Gasteiger partial charge in [-0.15, -0.1) is 0 Å². The van der Waals surface area contributed by atoms with E-state index in [0.717, 1.165) is 22.5 Å². The van der Waals surface area contributed by atoms with Crippen molar-refractivity contribution in [3.8, 4) is 0 Å². The summed E-state index contributed by atoms with van der Waals surface area (Å²) in [6.45, 7) is 8.43. The van der Waals surface area contributed by atoms with Gasteiger partial charge < -0.3 is 5.32 Å². The van der Waals surface area contributed by atoms with E-state index in [0.29, 0.717) is 13.0 Å². The number of carbonyl (C=O) groups is 1. The van der Waals surface area contributed by atoms with Gasteiger partial charge in [-0.3, -0.25) is 14.6 Å². The standard InChI is InChI=1S/C14H21N5O/c1-9-6-16-19(8-9)10(2)7-15-14(20)5-13-11(3)17-18-12(13)4/h6,8,10H,5,7H2,1-4H3,(H,15,20)(H,17,18). The Hall–Kier alpha value is -2.11. The van der Waals surface area contributed by atoms with Gasteiger partial charge in [0.2, 0.25) is 5.91 Å². The third-order valence-electron chi connectivity index (χ3n) is 3.39. The number of H-pyrrole nitrogens is 1. The number of amides is 1. The molecule has 0 saturated heterocycles. The van der Waals surface area contributed by atoms with Crippen molar-refractivity contribution in [2.24, 2.45) is 0 Å². The molecular weight excluding hydrogens is 254 g/mol. The van der Waals surface area contributed by atoms with Gasteiger partial charge >= 0.3 is 0 Å². The maximum atomic E-state index is 12.0. The van der Waals surface area contributed by atoms with Crippen LogP contribution >= 0.6 is 0 Å². The number of nitrogens with zero attached hydrogens (tertiary/aromatic N) is 3. The first kappa shape index (κ1) is 14.3. The van der Waals surface area contributed by atoms with Crippen molar-refractivity contribution < 1.29 is 4.79 Å². The third-order valence-corrected chi connectivity index (χ3v) is 3.39. The monoisotopic (exact) mass is 275 g/mol. The summed E-state index contributed by atoms with van der Waals surface area (Å²) in [5.74, 6) is 0.00771. The zero-order valence-corrected chi connectivity index (χ0v) is 12.4. The lowest BCUT2D eigenvalue weighted by Crippen LogP contribution is -2.31. The summed E-state index contributed by atoms with van der Waals surface area (Å²) in [6.07, 6.45) is 4.15. The highest BCUT2D eigenvalue weighted by molar-refractivity contribution is 5.79. The second-order valence-corrected chi connectivity index (χ2v) is 5.24. The van der Waals surface area contributed by atoms with Gasteiger partial charge in [0, 0.05) is 24.0 Å². The van der Waals surface area contributed by atoms with E-state index in [2.05, 4.69) is 20.6 Å². The van der Waals surface area contributed by atoms with E-state index >= 15 is 0 Å². The Morgan fingerprint density at radius 1 is 1.45 bits per heavy atom. The Balaban J connectivity index is 1.86. The van der Waals surface area contributed by atoms with Crippen LogP contribution in [0.25, 0.3) is 0 Å². The largest absolute Gasteiger partial charge is 0.354 e. The smallest absolute Gasteiger partial charge is 0.224 e. The minimum absolute atomic E-state index is 0.00771. The molecule has 6 nitrogen and oxygen atoms in total. The van der Waals surface area contributed by atoms with Crippen molar-refractivity contribution >= 4 is 5.91 Å². The SMILES string of the molecule is Cc1cnn(C(C)CNC(=O)Cc2c(C)n[nH]c2C)c1. The van der Waals surface area contributed by atoms with Crippen molar-refractivity contribution in [1.82, 2.24) is 25.3 Å². The van der Waals surface area contributed by atoms with Gasteiger partial charge in [-0.25, -0.2) is 0 Å². The van der Waals surface area contributed by atoms with Crippen LogP contribution in [-0.4, -0.2) is 32.4 Å². The first-order chi connectivity index (χ1) is 9.47. The molecule has 1 unspecified atom stereocenters. The average Bonchev–Trinajstić information content (AvgIpc) is 2.97. The summed E-state index contributed by atoms with van der Waals surface area (Å²) in [6, 6.07) is 0.138. The van der Waals surface area contributed by atoms with E-state index in [1.807, 2.05) is 44.8 Å². The molecule has 0 aliphatic carbocycles. The van der Waals surface area contributed by atoms with Crippen molar-refractivity contribution in [3.05, 3.63) is 34.9 Å². The Morgan fingerprint density at radius 3 is 2.75 bits per heavy atom. The first-order valence-corrected chi connectivity index (χ1v) is 6.75. The molecular formula is C14H21N5O. The molecule has 1 amide bonds. The fourth-order valence-corrected chi connectivity index (χ4v) is 2.09. The van der Waals surface area contributed by atoms with Crippen LogP contribution in [0.15, 0.2) is 12.4 Å². The molecule has 2 heterocycles. The van der Waals surface area contributed by atoms with Crippen molar-refractivity contribution in [2.75, 3.05) is 6.54 Å². The summed E-state index contributed by atoms with van der Waals surface area (Å²) < 4.78 is 1.87. The van der Waals surface area contributed by atoms with Crippen molar-refractivity contribution in [1.29, 1.82) is 0 Å². The van der Waals surface area contributed by atoms with E-state index in [4.69, 9.17) is 0 Å². The number of nitrogens with one attached hydrogen (secondary N) is 2. The number of aromatic nitrogens is 4. The molecule has 0 spiro atoms. The van der Waals surface area contributed by atoms with Gasteiger partial charge in [0.1, 0.15) is 0 Å². The Labute approximate surface area is 118 Å². The molecule has 0 bridgehead atoms. The van der Waals surface area contributed by atoms with Crippen molar-refractivity contribution in [2.45, 2.75) is 40.2 Å². The van der Waals surface area contributed by atoms with E-state index in [1.165, 1.54) is 0 Å². The topological polar surface area (TPSA) is 75.6 Å². The van der Waals surface area contributed by atoms with Crippen LogP contribution in [0, 0.1) is 20.8 Å². The molecule has 1 atom stereocenters. The van der Waals surface area contributed by atoms with Gasteiger partial charge in [-0.1, -0.05) is 0 Å². The lowest BCUT2D eigenvalue weighted by molar-refractivity contribution is -0.120. The highest BCUT2D eigenvalue weighted by Gasteiger charge is 2.12. The minimum Gasteiger partial charge on any atom is -0.354 e. The van der Waals surface area contributed by atoms with E-state index in [9.17, 15) is 4.79 Å². The van der Waals surface area contributed by atoms with Crippen LogP contribution in [0.1, 0.15) is 35.5 Å². The zero-order chi connectivity index (χ0) is 14.7. The van der Waals surface area contributed by atoms with E-state index < -0.39 is 0 Å². The van der Waals surface area contributed by atoms with Crippen molar-refractivity contribution in [3.63, 3.8) is 0 Å². The molecule has 6 heteroatoms. The second kappa shape index (κ2) is 5.90. The van der Waals surface area contributed by atoms with Crippen LogP contribution in [0.4, 0.5) is 0 Å². The van der Waals surface area contributed by atoms with Crippen LogP contribution in [-0.2, 0) is 11.2 Å². The molecule has 0 aromatic carbocycles. The highest BCUT2D eigenvalue weighted by atomic mass is 16.1. The number of hydrogen-bond acceptors (Lipinski definition) is 3. The molecule has 0 aliphatic rings. The third kappa shape index (κ3) is 3.26. The molecule has 20 heavy (non-hydrogen) atoms. The molecule has 2 rings (SSSR count). The van der Waals surface area contributed by atoms with Crippen LogP contribution in [0.2, 0.25) is 0 Å². The molecule has 2 aromatic heterocycles. The summed E-state index contributed by atoms with van der Waals surface area (Å²) in [5.41, 5.74) is 3.93. The predicted molar refractivity (Wildman–Crippen MR) is 76.5 cm³/mol. The number of aryl methyl sites for hydroxylation is 3. The number of aromatic amines is 1. The van der Waals surface area contributed by atoms with Gasteiger partial charge in [-0.05, 0) is 33.3 Å². The summed E-state index contributed by atoms with van der Waals surface area (Å²) in [5, 5.41) is 14.2. The molecule has 2 aromatic rings. The summed E-state index contributed by atoms with van der Waals surface area (Å²) in [7, 11) is 0. The Morgan fingerprint density at radius 2 is 2.20 bits per heavy atom. The first-order valence-electron chi connectivity index (χ1n) is 6.75. The molecule has 0 aliphatic heterocycles. The number of rotatable bonds is 5. The van der Waals surface area contributed by atoms with Crippen LogP contribution < -0.4 is 5.32 Å². The second-order valence-electron chi connectivity index (χ2n) is 5.24. The van der Waals surface area contributed by atoms with Crippen LogP contribution in [0.3, 0.4) is 0 Å². The summed E-state index contributed by atoms with van der Waals surface area (Å²) in [4.78, 5) is 12.0. The Bertz CT molecular complexity index is 579. The quantitative estimate of drug-likeness (QED) is 0.867. The van der Waals surface area contributed by atoms with Gasteiger partial charge in [0.05, 0.1) is 24.4 Å². The average molecular weight is 275 g/mol. The lowest BCUT2D eigenvalue weighted by Gasteiger charge is -2.13. The summed E-state index contributed by atoms with van der Waals surface area (Å²) >= 11 is 0. The normalized spacial score (nSPS) is 12.4. The number of carbonyl (C=O) groups excluding carboxylic acids is 1.